The maximum absolute atomic E-state index is 13.3. The van der Waals surface area contributed by atoms with Gasteiger partial charge in [0.15, 0.2) is 0 Å². The fourth-order valence-corrected chi connectivity index (χ4v) is 1.96. The zero-order chi connectivity index (χ0) is 10.8. The van der Waals surface area contributed by atoms with Crippen molar-refractivity contribution < 1.29 is 4.39 Å². The van der Waals surface area contributed by atoms with Gasteiger partial charge in [-0.2, -0.15) is 0 Å². The van der Waals surface area contributed by atoms with Crippen molar-refractivity contribution >= 4 is 23.0 Å². The minimum absolute atomic E-state index is 0.165. The van der Waals surface area contributed by atoms with E-state index >= 15 is 0 Å². The average Bonchev–Trinajstić information content (AvgIpc) is 2.41. The molecular weight excluding hydrogens is 215 g/mol. The molecule has 2 N–H and O–H groups in total. The maximum atomic E-state index is 13.3. The summed E-state index contributed by atoms with van der Waals surface area (Å²) in [4.78, 5) is 0. The van der Waals surface area contributed by atoms with Crippen LogP contribution in [0.2, 0.25) is 5.02 Å². The van der Waals surface area contributed by atoms with E-state index in [0.717, 1.165) is 30.8 Å². The van der Waals surface area contributed by atoms with Crippen LogP contribution in [0.5, 0.6) is 0 Å². The first-order chi connectivity index (χ1) is 7.20. The predicted molar refractivity (Wildman–Crippen MR) is 62.2 cm³/mol. The molecule has 1 aliphatic heterocycles. The third kappa shape index (κ3) is 2.17. The Morgan fingerprint density at radius 2 is 2.27 bits per heavy atom. The summed E-state index contributed by atoms with van der Waals surface area (Å²) in [6.45, 7) is 3.01. The summed E-state index contributed by atoms with van der Waals surface area (Å²) in [5.74, 6) is -0.374. The van der Waals surface area contributed by atoms with E-state index in [-0.39, 0.29) is 10.8 Å². The van der Waals surface area contributed by atoms with Crippen molar-refractivity contribution in [2.45, 2.75) is 25.8 Å². The van der Waals surface area contributed by atoms with Crippen LogP contribution in [-0.2, 0) is 0 Å². The lowest BCUT2D eigenvalue weighted by atomic mass is 10.1. The van der Waals surface area contributed by atoms with E-state index in [1.807, 2.05) is 0 Å². The van der Waals surface area contributed by atoms with Gasteiger partial charge >= 0.3 is 0 Å². The highest BCUT2D eigenvalue weighted by atomic mass is 35.5. The second-order valence-corrected chi connectivity index (χ2v) is 4.18. The molecule has 1 unspecified atom stereocenters. The van der Waals surface area contributed by atoms with Gasteiger partial charge in [-0.25, -0.2) is 4.39 Å². The van der Waals surface area contributed by atoms with E-state index in [9.17, 15) is 4.39 Å². The Hall–Kier alpha value is -0.960. The molecule has 0 aliphatic carbocycles. The summed E-state index contributed by atoms with van der Waals surface area (Å²) in [5, 5.41) is 6.72. The van der Waals surface area contributed by atoms with Crippen LogP contribution in [-0.4, -0.2) is 12.6 Å². The fraction of sp³-hybridized carbons (Fsp3) is 0.455. The summed E-state index contributed by atoms with van der Waals surface area (Å²) >= 11 is 5.73. The largest absolute Gasteiger partial charge is 0.383 e. The molecule has 0 bridgehead atoms. The number of hydrogen-bond donors (Lipinski definition) is 2. The number of fused-ring (bicyclic) bond motifs is 1. The van der Waals surface area contributed by atoms with Crippen molar-refractivity contribution in [2.75, 3.05) is 17.2 Å². The number of benzene rings is 1. The molecule has 1 aliphatic rings. The first-order valence-electron chi connectivity index (χ1n) is 5.20. The van der Waals surface area contributed by atoms with Gasteiger partial charge < -0.3 is 10.6 Å². The summed E-state index contributed by atoms with van der Waals surface area (Å²) in [7, 11) is 0. The Bertz CT molecular complexity index is 368. The summed E-state index contributed by atoms with van der Waals surface area (Å²) in [6, 6.07) is 3.50. The molecule has 0 saturated carbocycles. The van der Waals surface area contributed by atoms with Gasteiger partial charge in [-0.05, 0) is 18.9 Å². The fourth-order valence-electron chi connectivity index (χ4n) is 1.79. The number of hydrogen-bond acceptors (Lipinski definition) is 2. The highest BCUT2D eigenvalue weighted by Crippen LogP contribution is 2.31. The van der Waals surface area contributed by atoms with Gasteiger partial charge in [-0.15, -0.1) is 0 Å². The Morgan fingerprint density at radius 3 is 3.00 bits per heavy atom. The van der Waals surface area contributed by atoms with Crippen molar-refractivity contribution in [3.8, 4) is 0 Å². The van der Waals surface area contributed by atoms with Crippen LogP contribution in [0.4, 0.5) is 15.8 Å². The second kappa shape index (κ2) is 4.27. The molecule has 0 spiro atoms. The number of halogens is 2. The lowest BCUT2D eigenvalue weighted by Crippen LogP contribution is -2.18. The smallest absolute Gasteiger partial charge is 0.143 e. The zero-order valence-electron chi connectivity index (χ0n) is 8.61. The van der Waals surface area contributed by atoms with Crippen LogP contribution >= 0.6 is 11.6 Å². The van der Waals surface area contributed by atoms with Crippen LogP contribution in [0.15, 0.2) is 12.1 Å². The summed E-state index contributed by atoms with van der Waals surface area (Å²) in [5.41, 5.74) is 1.69. The van der Waals surface area contributed by atoms with Gasteiger partial charge in [0, 0.05) is 18.7 Å². The molecule has 0 fully saturated rings. The molecule has 1 atom stereocenters. The predicted octanol–water partition coefficient (Wildman–Crippen LogP) is 3.49. The first kappa shape index (κ1) is 10.6. The van der Waals surface area contributed by atoms with Crippen LogP contribution < -0.4 is 10.6 Å². The summed E-state index contributed by atoms with van der Waals surface area (Å²) in [6.07, 6.45) is 2.07. The van der Waals surface area contributed by atoms with Gasteiger partial charge in [0.05, 0.1) is 16.4 Å². The summed E-state index contributed by atoms with van der Waals surface area (Å²) < 4.78 is 13.3. The van der Waals surface area contributed by atoms with Crippen LogP contribution in [0.3, 0.4) is 0 Å². The van der Waals surface area contributed by atoms with Crippen molar-refractivity contribution in [3.63, 3.8) is 0 Å². The Balaban J connectivity index is 2.34. The quantitative estimate of drug-likeness (QED) is 0.769. The number of anilines is 2. The van der Waals surface area contributed by atoms with Gasteiger partial charge in [0.1, 0.15) is 5.82 Å². The molecule has 0 saturated heterocycles. The van der Waals surface area contributed by atoms with Crippen LogP contribution in [0.1, 0.15) is 19.8 Å². The van der Waals surface area contributed by atoms with Crippen molar-refractivity contribution in [2.24, 2.45) is 0 Å². The SMILES string of the molecule is CCC1CCNc2cc(Cl)c(F)cc2N1. The van der Waals surface area contributed by atoms with E-state index in [1.165, 1.54) is 6.07 Å². The van der Waals surface area contributed by atoms with Crippen LogP contribution in [0.25, 0.3) is 0 Å². The van der Waals surface area contributed by atoms with E-state index in [1.54, 1.807) is 6.07 Å². The van der Waals surface area contributed by atoms with Gasteiger partial charge in [0.2, 0.25) is 0 Å². The topological polar surface area (TPSA) is 24.1 Å². The first-order valence-corrected chi connectivity index (χ1v) is 5.58. The molecule has 1 aromatic rings. The lowest BCUT2D eigenvalue weighted by Gasteiger charge is -2.15. The molecule has 1 aromatic carbocycles. The molecule has 2 rings (SSSR count). The van der Waals surface area contributed by atoms with Gasteiger partial charge in [-0.1, -0.05) is 18.5 Å². The number of rotatable bonds is 1. The van der Waals surface area contributed by atoms with E-state index in [4.69, 9.17) is 11.6 Å². The van der Waals surface area contributed by atoms with Crippen molar-refractivity contribution in [1.29, 1.82) is 0 Å². The standard InChI is InChI=1S/C11H14ClFN2/c1-2-7-3-4-14-10-5-8(12)9(13)6-11(10)15-7/h5-7,14-15H,2-4H2,1H3. The molecular formula is C11H14ClFN2. The molecule has 0 aromatic heterocycles. The Morgan fingerprint density at radius 1 is 1.47 bits per heavy atom. The van der Waals surface area contributed by atoms with E-state index < -0.39 is 0 Å². The Labute approximate surface area is 93.8 Å². The molecule has 4 heteroatoms. The monoisotopic (exact) mass is 228 g/mol. The van der Waals surface area contributed by atoms with Gasteiger partial charge in [0.25, 0.3) is 0 Å². The third-order valence-electron chi connectivity index (χ3n) is 2.72. The minimum Gasteiger partial charge on any atom is -0.383 e. The molecule has 0 amide bonds. The van der Waals surface area contributed by atoms with E-state index in [0.29, 0.717) is 6.04 Å². The number of nitrogens with one attached hydrogen (secondary N) is 2. The molecule has 82 valence electrons. The zero-order valence-corrected chi connectivity index (χ0v) is 9.37. The third-order valence-corrected chi connectivity index (χ3v) is 3.01. The highest BCUT2D eigenvalue weighted by Gasteiger charge is 2.15. The minimum atomic E-state index is -0.374. The van der Waals surface area contributed by atoms with Crippen molar-refractivity contribution in [1.82, 2.24) is 0 Å². The Kier molecular flexibility index (Phi) is 3.00. The highest BCUT2D eigenvalue weighted by molar-refractivity contribution is 6.31. The molecule has 0 radical (unpaired) electrons. The lowest BCUT2D eigenvalue weighted by molar-refractivity contribution is 0.627. The van der Waals surface area contributed by atoms with E-state index in [2.05, 4.69) is 17.6 Å². The molecule has 2 nitrogen and oxygen atoms in total. The molecule has 15 heavy (non-hydrogen) atoms. The van der Waals surface area contributed by atoms with Gasteiger partial charge in [-0.3, -0.25) is 0 Å². The average molecular weight is 229 g/mol. The molecule has 1 heterocycles. The maximum Gasteiger partial charge on any atom is 0.143 e. The van der Waals surface area contributed by atoms with Crippen LogP contribution in [0, 0.1) is 5.82 Å². The second-order valence-electron chi connectivity index (χ2n) is 3.78. The normalized spacial score (nSPS) is 19.8. The van der Waals surface area contributed by atoms with Crippen molar-refractivity contribution in [3.05, 3.63) is 23.0 Å².